The van der Waals surface area contributed by atoms with Crippen LogP contribution in [0.25, 0.3) is 0 Å². The maximum atomic E-state index is 11.1. The fraction of sp³-hybridized carbons (Fsp3) is 0.455. The van der Waals surface area contributed by atoms with Crippen molar-refractivity contribution >= 4 is 5.91 Å². The molecule has 1 rings (SSSR count). The summed E-state index contributed by atoms with van der Waals surface area (Å²) in [6, 6.07) is 0. The first-order chi connectivity index (χ1) is 7.03. The highest BCUT2D eigenvalue weighted by Crippen LogP contribution is 2.09. The smallest absolute Gasteiger partial charge is 0.243 e. The Balaban J connectivity index is 2.42. The van der Waals surface area contributed by atoms with Crippen molar-refractivity contribution in [3.05, 3.63) is 31.4 Å². The van der Waals surface area contributed by atoms with Crippen molar-refractivity contribution in [3.8, 4) is 0 Å². The molecule has 1 N–H and O–H groups in total. The molecule has 4 heteroatoms. The van der Waals surface area contributed by atoms with Crippen LogP contribution in [0.2, 0.25) is 0 Å². The summed E-state index contributed by atoms with van der Waals surface area (Å²) in [5, 5.41) is 2.88. The SMILES string of the molecule is C=CC(=O)NC(C)(C)CCn1ccnc1. The predicted molar refractivity (Wildman–Crippen MR) is 59.3 cm³/mol. The number of hydrogen-bond donors (Lipinski definition) is 1. The van der Waals surface area contributed by atoms with Crippen LogP contribution < -0.4 is 5.32 Å². The zero-order valence-corrected chi connectivity index (χ0v) is 9.23. The molecule has 1 amide bonds. The first-order valence-corrected chi connectivity index (χ1v) is 4.94. The molecule has 0 saturated heterocycles. The van der Waals surface area contributed by atoms with Gasteiger partial charge in [-0.3, -0.25) is 4.79 Å². The van der Waals surface area contributed by atoms with Gasteiger partial charge in [-0.05, 0) is 26.3 Å². The van der Waals surface area contributed by atoms with Crippen molar-refractivity contribution in [2.45, 2.75) is 32.4 Å². The number of rotatable bonds is 5. The number of amides is 1. The standard InChI is InChI=1S/C11H17N3O/c1-4-10(15)13-11(2,3)5-7-14-8-6-12-9-14/h4,6,8-9H,1,5,7H2,2-3H3,(H,13,15). The van der Waals surface area contributed by atoms with E-state index in [1.54, 1.807) is 12.5 Å². The quantitative estimate of drug-likeness (QED) is 0.741. The van der Waals surface area contributed by atoms with E-state index >= 15 is 0 Å². The van der Waals surface area contributed by atoms with Gasteiger partial charge in [-0.1, -0.05) is 6.58 Å². The Morgan fingerprint density at radius 3 is 2.93 bits per heavy atom. The Bertz CT molecular complexity index is 328. The number of carbonyl (C=O) groups excluding carboxylic acids is 1. The van der Waals surface area contributed by atoms with Crippen LogP contribution in [0.5, 0.6) is 0 Å². The summed E-state index contributed by atoms with van der Waals surface area (Å²) in [7, 11) is 0. The number of aryl methyl sites for hydroxylation is 1. The Hall–Kier alpha value is -1.58. The molecule has 1 heterocycles. The molecule has 0 atom stereocenters. The van der Waals surface area contributed by atoms with Crippen LogP contribution in [0.3, 0.4) is 0 Å². The molecule has 0 unspecified atom stereocenters. The van der Waals surface area contributed by atoms with Gasteiger partial charge in [0.2, 0.25) is 5.91 Å². The molecule has 0 aliphatic rings. The first-order valence-electron chi connectivity index (χ1n) is 4.94. The van der Waals surface area contributed by atoms with Gasteiger partial charge < -0.3 is 9.88 Å². The number of nitrogens with one attached hydrogen (secondary N) is 1. The van der Waals surface area contributed by atoms with E-state index in [9.17, 15) is 4.79 Å². The fourth-order valence-electron chi connectivity index (χ4n) is 1.27. The second-order valence-corrected chi connectivity index (χ2v) is 4.13. The summed E-state index contributed by atoms with van der Waals surface area (Å²) in [6.07, 6.45) is 7.56. The van der Waals surface area contributed by atoms with Gasteiger partial charge in [0.25, 0.3) is 0 Å². The third-order valence-electron chi connectivity index (χ3n) is 2.20. The van der Waals surface area contributed by atoms with E-state index in [2.05, 4.69) is 16.9 Å². The summed E-state index contributed by atoms with van der Waals surface area (Å²) in [4.78, 5) is 15.1. The van der Waals surface area contributed by atoms with Gasteiger partial charge in [-0.15, -0.1) is 0 Å². The molecule has 0 saturated carbocycles. The van der Waals surface area contributed by atoms with Crippen LogP contribution in [0.15, 0.2) is 31.4 Å². The van der Waals surface area contributed by atoms with Crippen molar-refractivity contribution in [1.82, 2.24) is 14.9 Å². The number of aromatic nitrogens is 2. The van der Waals surface area contributed by atoms with Gasteiger partial charge in [0.05, 0.1) is 6.33 Å². The van der Waals surface area contributed by atoms with E-state index < -0.39 is 0 Å². The van der Waals surface area contributed by atoms with Gasteiger partial charge in [0.15, 0.2) is 0 Å². The summed E-state index contributed by atoms with van der Waals surface area (Å²) < 4.78 is 1.99. The molecular weight excluding hydrogens is 190 g/mol. The Labute approximate surface area is 90.0 Å². The Morgan fingerprint density at radius 1 is 1.67 bits per heavy atom. The lowest BCUT2D eigenvalue weighted by atomic mass is 10.0. The predicted octanol–water partition coefficient (Wildman–Crippen LogP) is 1.35. The Kier molecular flexibility index (Phi) is 3.66. The molecule has 1 aromatic heterocycles. The zero-order valence-electron chi connectivity index (χ0n) is 9.23. The molecule has 4 nitrogen and oxygen atoms in total. The highest BCUT2D eigenvalue weighted by molar-refractivity contribution is 5.87. The molecule has 15 heavy (non-hydrogen) atoms. The van der Waals surface area contributed by atoms with E-state index in [4.69, 9.17) is 0 Å². The zero-order chi connectivity index (χ0) is 11.3. The van der Waals surface area contributed by atoms with Crippen LogP contribution in [0.1, 0.15) is 20.3 Å². The molecule has 82 valence electrons. The lowest BCUT2D eigenvalue weighted by molar-refractivity contribution is -0.118. The van der Waals surface area contributed by atoms with Gasteiger partial charge in [-0.2, -0.15) is 0 Å². The second-order valence-electron chi connectivity index (χ2n) is 4.13. The lowest BCUT2D eigenvalue weighted by Gasteiger charge is -2.25. The third kappa shape index (κ3) is 3.97. The first kappa shape index (κ1) is 11.5. The number of carbonyl (C=O) groups is 1. The van der Waals surface area contributed by atoms with Crippen LogP contribution in [0.4, 0.5) is 0 Å². The van der Waals surface area contributed by atoms with Crippen molar-refractivity contribution in [3.63, 3.8) is 0 Å². The molecule has 0 fully saturated rings. The molecule has 0 bridgehead atoms. The van der Waals surface area contributed by atoms with Gasteiger partial charge >= 0.3 is 0 Å². The minimum Gasteiger partial charge on any atom is -0.348 e. The molecule has 0 aliphatic carbocycles. The molecule has 1 aromatic rings. The molecular formula is C11H17N3O. The summed E-state index contributed by atoms with van der Waals surface area (Å²) >= 11 is 0. The minimum atomic E-state index is -0.227. The largest absolute Gasteiger partial charge is 0.348 e. The highest BCUT2D eigenvalue weighted by atomic mass is 16.1. The topological polar surface area (TPSA) is 46.9 Å². The van der Waals surface area contributed by atoms with E-state index in [0.29, 0.717) is 0 Å². The van der Waals surface area contributed by atoms with Crippen LogP contribution in [-0.2, 0) is 11.3 Å². The Morgan fingerprint density at radius 2 is 2.40 bits per heavy atom. The fourth-order valence-corrected chi connectivity index (χ4v) is 1.27. The lowest BCUT2D eigenvalue weighted by Crippen LogP contribution is -2.43. The summed E-state index contributed by atoms with van der Waals surface area (Å²) in [5.74, 6) is -0.134. The monoisotopic (exact) mass is 207 g/mol. The van der Waals surface area contributed by atoms with Gasteiger partial charge in [-0.25, -0.2) is 4.98 Å². The van der Waals surface area contributed by atoms with Crippen LogP contribution in [0, 0.1) is 0 Å². The second kappa shape index (κ2) is 4.77. The van der Waals surface area contributed by atoms with E-state index in [0.717, 1.165) is 13.0 Å². The van der Waals surface area contributed by atoms with E-state index in [1.165, 1.54) is 6.08 Å². The van der Waals surface area contributed by atoms with Gasteiger partial charge in [0.1, 0.15) is 0 Å². The molecule has 0 aromatic carbocycles. The maximum absolute atomic E-state index is 11.1. The number of imidazole rings is 1. The van der Waals surface area contributed by atoms with Crippen LogP contribution >= 0.6 is 0 Å². The molecule has 0 radical (unpaired) electrons. The average Bonchev–Trinajstić information content (AvgIpc) is 2.66. The van der Waals surface area contributed by atoms with Crippen molar-refractivity contribution in [1.29, 1.82) is 0 Å². The van der Waals surface area contributed by atoms with Crippen molar-refractivity contribution in [2.24, 2.45) is 0 Å². The van der Waals surface area contributed by atoms with E-state index in [1.807, 2.05) is 24.6 Å². The van der Waals surface area contributed by atoms with Crippen molar-refractivity contribution in [2.75, 3.05) is 0 Å². The highest BCUT2D eigenvalue weighted by Gasteiger charge is 2.18. The average molecular weight is 207 g/mol. The number of nitrogens with zero attached hydrogens (tertiary/aromatic N) is 2. The van der Waals surface area contributed by atoms with E-state index in [-0.39, 0.29) is 11.4 Å². The molecule has 0 aliphatic heterocycles. The third-order valence-corrected chi connectivity index (χ3v) is 2.20. The normalized spacial score (nSPS) is 11.1. The van der Waals surface area contributed by atoms with Crippen molar-refractivity contribution < 1.29 is 4.79 Å². The minimum absolute atomic E-state index is 0.134. The molecule has 0 spiro atoms. The van der Waals surface area contributed by atoms with Gasteiger partial charge in [0, 0.05) is 24.5 Å². The maximum Gasteiger partial charge on any atom is 0.243 e. The van der Waals surface area contributed by atoms with Crippen LogP contribution in [-0.4, -0.2) is 21.0 Å². The number of hydrogen-bond acceptors (Lipinski definition) is 2. The summed E-state index contributed by atoms with van der Waals surface area (Å²) in [6.45, 7) is 8.25. The summed E-state index contributed by atoms with van der Waals surface area (Å²) in [5.41, 5.74) is -0.227.